The van der Waals surface area contributed by atoms with E-state index in [9.17, 15) is 20.1 Å². The van der Waals surface area contributed by atoms with Crippen LogP contribution in [0.5, 0.6) is 0 Å². The lowest BCUT2D eigenvalue weighted by Crippen LogP contribution is -2.66. The molecule has 1 amide bonds. The summed E-state index contributed by atoms with van der Waals surface area (Å²) in [5.74, 6) is -0.306. The molecule has 0 saturated carbocycles. The van der Waals surface area contributed by atoms with Crippen molar-refractivity contribution in [3.05, 3.63) is 0 Å². The maximum Gasteiger partial charge on any atom is 0.217 e. The third-order valence-electron chi connectivity index (χ3n) is 3.48. The fraction of sp³-hybridized carbons (Fsp3) is 0.923. The summed E-state index contributed by atoms with van der Waals surface area (Å²) < 4.78 is 11.0. The third-order valence-corrected chi connectivity index (χ3v) is 3.48. The van der Waals surface area contributed by atoms with Crippen LogP contribution < -0.4 is 11.1 Å². The van der Waals surface area contributed by atoms with Gasteiger partial charge >= 0.3 is 0 Å². The molecule has 0 bridgehead atoms. The van der Waals surface area contributed by atoms with E-state index < -0.39 is 36.7 Å². The van der Waals surface area contributed by atoms with E-state index in [0.29, 0.717) is 0 Å². The largest absolute Gasteiger partial charge is 0.394 e. The van der Waals surface area contributed by atoms with Gasteiger partial charge in [0.05, 0.1) is 18.8 Å². The summed E-state index contributed by atoms with van der Waals surface area (Å²) in [5, 5.41) is 32.0. The first-order chi connectivity index (χ1) is 9.81. The average Bonchev–Trinajstić information content (AvgIpc) is 2.42. The second-order valence-corrected chi connectivity index (χ2v) is 5.57. The fourth-order valence-electron chi connectivity index (χ4n) is 2.51. The number of hydrogen-bond donors (Lipinski definition) is 5. The predicted molar refractivity (Wildman–Crippen MR) is 74.1 cm³/mol. The maximum absolute atomic E-state index is 11.3. The molecule has 0 spiro atoms. The average molecular weight is 306 g/mol. The van der Waals surface area contributed by atoms with Gasteiger partial charge in [-0.1, -0.05) is 13.8 Å². The van der Waals surface area contributed by atoms with Crippen molar-refractivity contribution in [2.24, 2.45) is 11.7 Å². The summed E-state index contributed by atoms with van der Waals surface area (Å²) in [6, 6.07) is -0.694. The summed E-state index contributed by atoms with van der Waals surface area (Å²) >= 11 is 0. The molecule has 0 aromatic rings. The molecule has 1 saturated heterocycles. The fourth-order valence-corrected chi connectivity index (χ4v) is 2.51. The molecule has 6 N–H and O–H groups in total. The van der Waals surface area contributed by atoms with E-state index in [0.717, 1.165) is 0 Å². The second kappa shape index (κ2) is 8.02. The second-order valence-electron chi connectivity index (χ2n) is 5.57. The first-order valence-corrected chi connectivity index (χ1v) is 7.06. The minimum absolute atomic E-state index is 0.00549. The van der Waals surface area contributed by atoms with Crippen LogP contribution in [0.4, 0.5) is 0 Å². The molecule has 1 rings (SSSR count). The first kappa shape index (κ1) is 18.3. The molecule has 0 radical (unpaired) electrons. The Morgan fingerprint density at radius 1 is 1.48 bits per heavy atom. The maximum atomic E-state index is 11.3. The van der Waals surface area contributed by atoms with Gasteiger partial charge in [-0.25, -0.2) is 0 Å². The molecule has 1 fully saturated rings. The number of aliphatic hydroxyl groups excluding tert-OH is 3. The molecule has 8 nitrogen and oxygen atoms in total. The number of aliphatic hydroxyl groups is 3. The van der Waals surface area contributed by atoms with Crippen molar-refractivity contribution in [2.45, 2.75) is 57.5 Å². The van der Waals surface area contributed by atoms with E-state index in [1.54, 1.807) is 0 Å². The zero-order chi connectivity index (χ0) is 16.2. The lowest BCUT2D eigenvalue weighted by Gasteiger charge is -2.46. The molecule has 0 aromatic carbocycles. The number of carbonyl (C=O) groups is 1. The quantitative estimate of drug-likeness (QED) is 0.356. The summed E-state index contributed by atoms with van der Waals surface area (Å²) in [6.45, 7) is 4.58. The van der Waals surface area contributed by atoms with E-state index in [2.05, 4.69) is 5.32 Å². The van der Waals surface area contributed by atoms with Gasteiger partial charge in [0, 0.05) is 13.5 Å². The van der Waals surface area contributed by atoms with Gasteiger partial charge in [0.2, 0.25) is 5.91 Å². The van der Waals surface area contributed by atoms with Crippen molar-refractivity contribution in [2.75, 3.05) is 13.2 Å². The Balaban J connectivity index is 2.96. The minimum Gasteiger partial charge on any atom is -0.394 e. The van der Waals surface area contributed by atoms with Crippen LogP contribution in [0.15, 0.2) is 0 Å². The minimum atomic E-state index is -1.28. The van der Waals surface area contributed by atoms with E-state index in [1.807, 2.05) is 13.8 Å². The van der Waals surface area contributed by atoms with Crippen LogP contribution in [-0.4, -0.2) is 71.1 Å². The van der Waals surface area contributed by atoms with Gasteiger partial charge in [0.15, 0.2) is 6.29 Å². The highest BCUT2D eigenvalue weighted by Crippen LogP contribution is 2.28. The van der Waals surface area contributed by atoms with Gasteiger partial charge in [-0.2, -0.15) is 0 Å². The molecule has 6 atom stereocenters. The van der Waals surface area contributed by atoms with Crippen LogP contribution in [-0.2, 0) is 14.3 Å². The van der Waals surface area contributed by atoms with Crippen LogP contribution in [0.3, 0.4) is 0 Å². The van der Waals surface area contributed by atoms with E-state index in [1.165, 1.54) is 6.92 Å². The highest BCUT2D eigenvalue weighted by molar-refractivity contribution is 5.73. The van der Waals surface area contributed by atoms with Crippen LogP contribution in [0.25, 0.3) is 0 Å². The van der Waals surface area contributed by atoms with Crippen LogP contribution in [0.2, 0.25) is 0 Å². The number of hydrogen-bond acceptors (Lipinski definition) is 7. The number of rotatable bonds is 6. The molecule has 0 aromatic heterocycles. The number of nitrogens with two attached hydrogens (primary N) is 1. The highest BCUT2D eigenvalue weighted by Gasteiger charge is 2.47. The van der Waals surface area contributed by atoms with Gasteiger partial charge in [0.1, 0.15) is 18.3 Å². The van der Waals surface area contributed by atoms with Gasteiger partial charge in [-0.05, 0) is 5.92 Å². The molecule has 5 unspecified atom stereocenters. The van der Waals surface area contributed by atoms with Crippen molar-refractivity contribution in [3.8, 4) is 0 Å². The predicted octanol–water partition coefficient (Wildman–Crippen LogP) is -2.07. The monoisotopic (exact) mass is 306 g/mol. The molecule has 8 heteroatoms. The third kappa shape index (κ3) is 4.60. The Morgan fingerprint density at radius 2 is 2.10 bits per heavy atom. The zero-order valence-corrected chi connectivity index (χ0v) is 12.6. The lowest BCUT2D eigenvalue weighted by molar-refractivity contribution is -0.255. The molecule has 1 heterocycles. The molecule has 0 aliphatic carbocycles. The number of nitrogens with one attached hydrogen (secondary N) is 1. The number of ether oxygens (including phenoxy) is 2. The Hall–Kier alpha value is -0.770. The van der Waals surface area contributed by atoms with Gasteiger partial charge in [0.25, 0.3) is 0 Å². The van der Waals surface area contributed by atoms with Crippen molar-refractivity contribution < 1.29 is 29.6 Å². The zero-order valence-electron chi connectivity index (χ0n) is 12.6. The van der Waals surface area contributed by atoms with Crippen LogP contribution in [0.1, 0.15) is 20.8 Å². The smallest absolute Gasteiger partial charge is 0.217 e. The van der Waals surface area contributed by atoms with Crippen molar-refractivity contribution in [1.29, 1.82) is 0 Å². The van der Waals surface area contributed by atoms with Crippen molar-refractivity contribution in [3.63, 3.8) is 0 Å². The molecule has 124 valence electrons. The summed E-state index contributed by atoms with van der Waals surface area (Å²) in [5.41, 5.74) is 5.28. The van der Waals surface area contributed by atoms with Gasteiger partial charge in [-0.15, -0.1) is 0 Å². The molecule has 21 heavy (non-hydrogen) atoms. The Bertz CT molecular complexity index is 341. The lowest BCUT2D eigenvalue weighted by atomic mass is 9.87. The number of carbonyl (C=O) groups excluding carboxylic acids is 1. The molecular weight excluding hydrogens is 280 g/mol. The normalized spacial score (nSPS) is 34.8. The van der Waals surface area contributed by atoms with Crippen LogP contribution in [0, 0.1) is 5.92 Å². The standard InChI is InChI=1S/C13H26N2O6/c1-6(2)12-10(15-7(3)17)11(19)13(8(5-16)20-12)21-9(18)4-14/h6,8-13,16,18-19H,4-5,14H2,1-3H3,(H,15,17)/t8?,9?,10?,11?,12-,13?/m0/s1. The number of amides is 1. The van der Waals surface area contributed by atoms with Crippen molar-refractivity contribution in [1.82, 2.24) is 5.32 Å². The van der Waals surface area contributed by atoms with E-state index >= 15 is 0 Å². The van der Waals surface area contributed by atoms with E-state index in [-0.39, 0.29) is 25.0 Å². The topological polar surface area (TPSA) is 134 Å². The summed E-state index contributed by atoms with van der Waals surface area (Å²) in [6.07, 6.45) is -4.68. The van der Waals surface area contributed by atoms with Gasteiger partial charge in [-0.3, -0.25) is 4.79 Å². The highest BCUT2D eigenvalue weighted by atomic mass is 16.6. The van der Waals surface area contributed by atoms with Crippen molar-refractivity contribution >= 4 is 5.91 Å². The van der Waals surface area contributed by atoms with Gasteiger partial charge < -0.3 is 35.8 Å². The Labute approximate surface area is 124 Å². The Morgan fingerprint density at radius 3 is 2.52 bits per heavy atom. The first-order valence-electron chi connectivity index (χ1n) is 7.06. The van der Waals surface area contributed by atoms with Crippen LogP contribution >= 0.6 is 0 Å². The SMILES string of the molecule is CC(=O)NC1C(O)C(OC(O)CN)C(CO)O[C@H]1C(C)C. The molecule has 1 aliphatic heterocycles. The molecular formula is C13H26N2O6. The Kier molecular flexibility index (Phi) is 6.98. The molecule has 1 aliphatic rings. The van der Waals surface area contributed by atoms with E-state index in [4.69, 9.17) is 15.2 Å². The summed E-state index contributed by atoms with van der Waals surface area (Å²) in [7, 11) is 0. The summed E-state index contributed by atoms with van der Waals surface area (Å²) in [4.78, 5) is 11.3.